The molecular weight excluding hydrogens is 457 g/mol. The highest BCUT2D eigenvalue weighted by Crippen LogP contribution is 2.20. The first-order valence-electron chi connectivity index (χ1n) is 11.4. The molecule has 0 bridgehead atoms. The van der Waals surface area contributed by atoms with Crippen LogP contribution in [0.3, 0.4) is 0 Å². The van der Waals surface area contributed by atoms with Gasteiger partial charge in [0.1, 0.15) is 23.6 Å². The van der Waals surface area contributed by atoms with Gasteiger partial charge in [0.15, 0.2) is 0 Å². The summed E-state index contributed by atoms with van der Waals surface area (Å²) in [6.07, 6.45) is -0.689. The number of aliphatic hydroxyl groups is 1. The van der Waals surface area contributed by atoms with Gasteiger partial charge in [-0.05, 0) is 29.3 Å². The number of nitrogens with zero attached hydrogens (tertiary/aromatic N) is 2. The van der Waals surface area contributed by atoms with Gasteiger partial charge in [0.2, 0.25) is 0 Å². The molecule has 5 nitrogen and oxygen atoms in total. The SMILES string of the molecule is O[C@H](COCc1ccccc1)CN(Cc1ccc(F)cc1F)C[C@H]1CC(c2ccc(F)cc2)=NO1. The molecule has 4 rings (SSSR count). The number of oxime groups is 1. The summed E-state index contributed by atoms with van der Waals surface area (Å²) in [7, 11) is 0. The number of benzene rings is 3. The third kappa shape index (κ3) is 7.39. The van der Waals surface area contributed by atoms with E-state index in [1.807, 2.05) is 35.2 Å². The highest BCUT2D eigenvalue weighted by Gasteiger charge is 2.26. The third-order valence-electron chi connectivity index (χ3n) is 5.67. The molecule has 2 atom stereocenters. The average Bonchev–Trinajstić information content (AvgIpc) is 3.30. The predicted molar refractivity (Wildman–Crippen MR) is 126 cm³/mol. The Balaban J connectivity index is 1.36. The third-order valence-corrected chi connectivity index (χ3v) is 5.67. The van der Waals surface area contributed by atoms with Gasteiger partial charge < -0.3 is 14.7 Å². The van der Waals surface area contributed by atoms with Crippen LogP contribution >= 0.6 is 0 Å². The monoisotopic (exact) mass is 484 g/mol. The standard InChI is InChI=1S/C27H27F3N2O3/c28-22-9-6-20(7-10-22)27-13-25(35-31-27)16-32(14-21-8-11-23(29)12-26(21)30)15-24(33)18-34-17-19-4-2-1-3-5-19/h1-12,24-25,33H,13-18H2/t24-,25+/m0/s1. The summed E-state index contributed by atoms with van der Waals surface area (Å²) in [4.78, 5) is 7.41. The summed E-state index contributed by atoms with van der Waals surface area (Å²) < 4.78 is 46.6. The molecule has 0 saturated heterocycles. The highest BCUT2D eigenvalue weighted by atomic mass is 19.1. The van der Waals surface area contributed by atoms with Crippen LogP contribution in [0.4, 0.5) is 13.2 Å². The molecule has 0 saturated carbocycles. The normalized spacial score (nSPS) is 16.3. The lowest BCUT2D eigenvalue weighted by Gasteiger charge is -2.27. The molecule has 35 heavy (non-hydrogen) atoms. The second kappa shape index (κ2) is 12.0. The molecule has 184 valence electrons. The summed E-state index contributed by atoms with van der Waals surface area (Å²) in [5.41, 5.74) is 2.75. The van der Waals surface area contributed by atoms with Crippen LogP contribution in [0, 0.1) is 17.5 Å². The largest absolute Gasteiger partial charge is 0.390 e. The molecule has 3 aromatic rings. The van der Waals surface area contributed by atoms with Crippen molar-refractivity contribution in [3.8, 4) is 0 Å². The van der Waals surface area contributed by atoms with Crippen molar-refractivity contribution in [1.82, 2.24) is 4.90 Å². The number of hydrogen-bond donors (Lipinski definition) is 1. The maximum atomic E-state index is 14.3. The molecule has 0 fully saturated rings. The summed E-state index contributed by atoms with van der Waals surface area (Å²) in [5.74, 6) is -1.63. The molecular formula is C27H27F3N2O3. The Bertz CT molecular complexity index is 1130. The van der Waals surface area contributed by atoms with Crippen LogP contribution in [0.1, 0.15) is 23.1 Å². The van der Waals surface area contributed by atoms with E-state index in [-0.39, 0.29) is 31.6 Å². The molecule has 0 aliphatic carbocycles. The average molecular weight is 485 g/mol. The first kappa shape index (κ1) is 24.9. The van der Waals surface area contributed by atoms with Gasteiger partial charge in [-0.1, -0.05) is 53.7 Å². The molecule has 0 unspecified atom stereocenters. The van der Waals surface area contributed by atoms with E-state index >= 15 is 0 Å². The molecule has 8 heteroatoms. The predicted octanol–water partition coefficient (Wildman–Crippen LogP) is 4.68. The molecule has 0 amide bonds. The molecule has 1 aliphatic rings. The van der Waals surface area contributed by atoms with Crippen LogP contribution in [-0.4, -0.2) is 47.6 Å². The molecule has 1 heterocycles. The lowest BCUT2D eigenvalue weighted by molar-refractivity contribution is -0.00671. The summed E-state index contributed by atoms with van der Waals surface area (Å²) in [6, 6.07) is 19.1. The van der Waals surface area contributed by atoms with E-state index in [1.54, 1.807) is 12.1 Å². The Morgan fingerprint density at radius 1 is 1.00 bits per heavy atom. The fourth-order valence-electron chi connectivity index (χ4n) is 3.96. The van der Waals surface area contributed by atoms with Gasteiger partial charge >= 0.3 is 0 Å². The van der Waals surface area contributed by atoms with E-state index in [1.165, 1.54) is 24.3 Å². The van der Waals surface area contributed by atoms with E-state index in [2.05, 4.69) is 5.16 Å². The lowest BCUT2D eigenvalue weighted by Crippen LogP contribution is -2.39. The zero-order chi connectivity index (χ0) is 24.6. The van der Waals surface area contributed by atoms with E-state index in [0.29, 0.717) is 30.8 Å². The number of rotatable bonds is 11. The Hall–Kier alpha value is -3.20. The summed E-state index contributed by atoms with van der Waals surface area (Å²) >= 11 is 0. The first-order chi connectivity index (χ1) is 17.0. The second-order valence-electron chi connectivity index (χ2n) is 8.56. The Labute approximate surface area is 202 Å². The maximum absolute atomic E-state index is 14.3. The summed E-state index contributed by atoms with van der Waals surface area (Å²) in [5, 5.41) is 14.7. The van der Waals surface area contributed by atoms with Gasteiger partial charge in [0, 0.05) is 37.7 Å². The van der Waals surface area contributed by atoms with E-state index in [9.17, 15) is 18.3 Å². The quantitative estimate of drug-likeness (QED) is 0.430. The fraction of sp³-hybridized carbons (Fsp3) is 0.296. The first-order valence-corrected chi connectivity index (χ1v) is 11.4. The van der Waals surface area contributed by atoms with Crippen molar-refractivity contribution >= 4 is 5.71 Å². The topological polar surface area (TPSA) is 54.3 Å². The van der Waals surface area contributed by atoms with Crippen LogP contribution in [0.2, 0.25) is 0 Å². The molecule has 0 aromatic heterocycles. The molecule has 0 radical (unpaired) electrons. The van der Waals surface area contributed by atoms with Crippen LogP contribution in [-0.2, 0) is 22.7 Å². The minimum atomic E-state index is -0.832. The van der Waals surface area contributed by atoms with E-state index in [4.69, 9.17) is 9.57 Å². The van der Waals surface area contributed by atoms with Gasteiger partial charge in [-0.15, -0.1) is 0 Å². The smallest absolute Gasteiger partial charge is 0.145 e. The van der Waals surface area contributed by atoms with Gasteiger partial charge in [0.25, 0.3) is 0 Å². The maximum Gasteiger partial charge on any atom is 0.145 e. The van der Waals surface area contributed by atoms with Crippen molar-refractivity contribution in [2.75, 3.05) is 19.7 Å². The van der Waals surface area contributed by atoms with Crippen molar-refractivity contribution < 1.29 is 27.9 Å². The number of hydrogen-bond acceptors (Lipinski definition) is 5. The van der Waals surface area contributed by atoms with Crippen molar-refractivity contribution in [2.24, 2.45) is 5.16 Å². The fourth-order valence-corrected chi connectivity index (χ4v) is 3.96. The minimum absolute atomic E-state index is 0.0974. The van der Waals surface area contributed by atoms with Crippen molar-refractivity contribution in [2.45, 2.75) is 31.8 Å². The van der Waals surface area contributed by atoms with Crippen LogP contribution < -0.4 is 0 Å². The Morgan fingerprint density at radius 2 is 1.74 bits per heavy atom. The summed E-state index contributed by atoms with van der Waals surface area (Å²) in [6.45, 7) is 1.15. The molecule has 3 aromatic carbocycles. The molecule has 1 aliphatic heterocycles. The number of ether oxygens (including phenoxy) is 1. The number of aliphatic hydroxyl groups excluding tert-OH is 1. The van der Waals surface area contributed by atoms with Crippen LogP contribution in [0.5, 0.6) is 0 Å². The van der Waals surface area contributed by atoms with Gasteiger partial charge in [-0.25, -0.2) is 13.2 Å². The lowest BCUT2D eigenvalue weighted by atomic mass is 10.0. The van der Waals surface area contributed by atoms with Crippen molar-refractivity contribution in [1.29, 1.82) is 0 Å². The van der Waals surface area contributed by atoms with E-state index < -0.39 is 17.7 Å². The van der Waals surface area contributed by atoms with Crippen molar-refractivity contribution in [3.05, 3.63) is 107 Å². The van der Waals surface area contributed by atoms with Crippen molar-refractivity contribution in [3.63, 3.8) is 0 Å². The zero-order valence-electron chi connectivity index (χ0n) is 19.1. The van der Waals surface area contributed by atoms with Gasteiger partial charge in [-0.2, -0.15) is 0 Å². The minimum Gasteiger partial charge on any atom is -0.390 e. The second-order valence-corrected chi connectivity index (χ2v) is 8.56. The van der Waals surface area contributed by atoms with Crippen LogP contribution in [0.25, 0.3) is 0 Å². The van der Waals surface area contributed by atoms with E-state index in [0.717, 1.165) is 17.2 Å². The highest BCUT2D eigenvalue weighted by molar-refractivity contribution is 6.01. The zero-order valence-corrected chi connectivity index (χ0v) is 19.1. The van der Waals surface area contributed by atoms with Gasteiger partial charge in [0.05, 0.1) is 25.0 Å². The number of halogens is 3. The van der Waals surface area contributed by atoms with Gasteiger partial charge in [-0.3, -0.25) is 4.90 Å². The molecule has 0 spiro atoms. The molecule has 1 N–H and O–H groups in total. The Kier molecular flexibility index (Phi) is 8.52. The van der Waals surface area contributed by atoms with Crippen LogP contribution in [0.15, 0.2) is 78.0 Å². The Morgan fingerprint density at radius 3 is 2.49 bits per heavy atom.